The summed E-state index contributed by atoms with van der Waals surface area (Å²) in [5, 5.41) is 8.14. The fourth-order valence-electron chi connectivity index (χ4n) is 3.00. The smallest absolute Gasteiger partial charge is 0.226 e. The Labute approximate surface area is 130 Å². The number of fused-ring (bicyclic) bond motifs is 1. The second kappa shape index (κ2) is 6.18. The van der Waals surface area contributed by atoms with Crippen molar-refractivity contribution in [2.75, 3.05) is 17.2 Å². The van der Waals surface area contributed by atoms with Gasteiger partial charge in [0.05, 0.1) is 5.39 Å². The first-order chi connectivity index (χ1) is 10.2. The van der Waals surface area contributed by atoms with E-state index in [0.717, 1.165) is 35.5 Å². The molecule has 2 heterocycles. The van der Waals surface area contributed by atoms with Crippen molar-refractivity contribution in [2.45, 2.75) is 52.5 Å². The van der Waals surface area contributed by atoms with Gasteiger partial charge in [-0.3, -0.25) is 0 Å². The number of aromatic nitrogens is 2. The zero-order chi connectivity index (χ0) is 14.8. The molecule has 2 unspecified atom stereocenters. The van der Waals surface area contributed by atoms with Gasteiger partial charge in [-0.1, -0.05) is 13.8 Å². The predicted molar refractivity (Wildman–Crippen MR) is 91.4 cm³/mol. The summed E-state index contributed by atoms with van der Waals surface area (Å²) in [5.41, 5.74) is 0. The summed E-state index contributed by atoms with van der Waals surface area (Å²) in [6, 6.07) is 2.75. The molecular formula is C16H24N4S. The fraction of sp³-hybridized carbons (Fsp3) is 0.625. The van der Waals surface area contributed by atoms with Crippen LogP contribution >= 0.6 is 11.3 Å². The highest BCUT2D eigenvalue weighted by molar-refractivity contribution is 7.18. The lowest BCUT2D eigenvalue weighted by Gasteiger charge is -2.15. The van der Waals surface area contributed by atoms with Crippen molar-refractivity contribution in [3.63, 3.8) is 0 Å². The minimum atomic E-state index is 0.553. The van der Waals surface area contributed by atoms with Gasteiger partial charge in [0.25, 0.3) is 0 Å². The fourth-order valence-corrected chi connectivity index (χ4v) is 3.88. The largest absolute Gasteiger partial charge is 0.367 e. The van der Waals surface area contributed by atoms with Crippen LogP contribution in [0.5, 0.6) is 0 Å². The molecule has 1 aliphatic rings. The van der Waals surface area contributed by atoms with E-state index in [1.165, 1.54) is 29.5 Å². The molecule has 0 amide bonds. The van der Waals surface area contributed by atoms with Crippen molar-refractivity contribution >= 4 is 33.3 Å². The Morgan fingerprint density at radius 2 is 2.19 bits per heavy atom. The SMILES string of the molecule is CCCNc1nc(NC2CCC(C)C2)c2cc(C)sc2n1. The standard InChI is InChI=1S/C16H24N4S/c1-4-7-17-16-19-14(18-12-6-5-10(2)8-12)13-9-11(3)21-15(13)20-16/h9-10,12H,4-8H2,1-3H3,(H2,17,18,19,20). The third-order valence-electron chi connectivity index (χ3n) is 4.08. The molecule has 0 bridgehead atoms. The predicted octanol–water partition coefficient (Wildman–Crippen LogP) is 4.42. The number of nitrogens with zero attached hydrogens (tertiary/aromatic N) is 2. The molecule has 1 aliphatic carbocycles. The van der Waals surface area contributed by atoms with Crippen LogP contribution in [0.15, 0.2) is 6.07 Å². The number of nitrogens with one attached hydrogen (secondary N) is 2. The molecule has 2 aromatic rings. The van der Waals surface area contributed by atoms with Crippen molar-refractivity contribution in [3.8, 4) is 0 Å². The lowest BCUT2D eigenvalue weighted by atomic mass is 10.1. The molecule has 0 radical (unpaired) electrons. The maximum Gasteiger partial charge on any atom is 0.226 e. The van der Waals surface area contributed by atoms with E-state index in [2.05, 4.69) is 42.5 Å². The Morgan fingerprint density at radius 1 is 1.33 bits per heavy atom. The first-order valence-corrected chi connectivity index (χ1v) is 8.76. The van der Waals surface area contributed by atoms with E-state index >= 15 is 0 Å². The normalized spacial score (nSPS) is 21.9. The van der Waals surface area contributed by atoms with Crippen LogP contribution in [0.1, 0.15) is 44.4 Å². The van der Waals surface area contributed by atoms with Gasteiger partial charge in [0.2, 0.25) is 5.95 Å². The topological polar surface area (TPSA) is 49.8 Å². The van der Waals surface area contributed by atoms with E-state index in [1.54, 1.807) is 11.3 Å². The first-order valence-electron chi connectivity index (χ1n) is 7.94. The summed E-state index contributed by atoms with van der Waals surface area (Å²) < 4.78 is 0. The Kier molecular flexibility index (Phi) is 4.29. The summed E-state index contributed by atoms with van der Waals surface area (Å²) in [7, 11) is 0. The van der Waals surface area contributed by atoms with Crippen LogP contribution < -0.4 is 10.6 Å². The lowest BCUT2D eigenvalue weighted by Crippen LogP contribution is -2.17. The van der Waals surface area contributed by atoms with Gasteiger partial charge in [-0.05, 0) is 44.6 Å². The molecule has 5 heteroatoms. The molecule has 0 saturated heterocycles. The van der Waals surface area contributed by atoms with Gasteiger partial charge < -0.3 is 10.6 Å². The lowest BCUT2D eigenvalue weighted by molar-refractivity contribution is 0.602. The number of hydrogen-bond acceptors (Lipinski definition) is 5. The van der Waals surface area contributed by atoms with Crippen LogP contribution in [-0.2, 0) is 0 Å². The highest BCUT2D eigenvalue weighted by atomic mass is 32.1. The number of rotatable bonds is 5. The van der Waals surface area contributed by atoms with Gasteiger partial charge >= 0.3 is 0 Å². The molecule has 3 rings (SSSR count). The number of anilines is 2. The zero-order valence-corrected chi connectivity index (χ0v) is 13.9. The molecule has 1 saturated carbocycles. The van der Waals surface area contributed by atoms with Gasteiger partial charge in [0.15, 0.2) is 0 Å². The van der Waals surface area contributed by atoms with Gasteiger partial charge in [0.1, 0.15) is 10.6 Å². The van der Waals surface area contributed by atoms with E-state index in [0.29, 0.717) is 6.04 Å². The summed E-state index contributed by atoms with van der Waals surface area (Å²) in [4.78, 5) is 11.7. The van der Waals surface area contributed by atoms with Crippen LogP contribution in [-0.4, -0.2) is 22.6 Å². The van der Waals surface area contributed by atoms with E-state index < -0.39 is 0 Å². The quantitative estimate of drug-likeness (QED) is 0.858. The van der Waals surface area contributed by atoms with E-state index in [9.17, 15) is 0 Å². The van der Waals surface area contributed by atoms with E-state index in [1.807, 2.05) is 0 Å². The average Bonchev–Trinajstić information content (AvgIpc) is 3.01. The van der Waals surface area contributed by atoms with E-state index in [4.69, 9.17) is 4.98 Å². The van der Waals surface area contributed by atoms with Gasteiger partial charge in [0, 0.05) is 17.5 Å². The molecule has 0 aromatic carbocycles. The summed E-state index contributed by atoms with van der Waals surface area (Å²) in [6.45, 7) is 7.53. The Hall–Kier alpha value is -1.36. The minimum absolute atomic E-state index is 0.553. The van der Waals surface area contributed by atoms with Crippen LogP contribution in [0.2, 0.25) is 0 Å². The Morgan fingerprint density at radius 3 is 2.90 bits per heavy atom. The molecule has 2 N–H and O–H groups in total. The molecule has 114 valence electrons. The average molecular weight is 304 g/mol. The second-order valence-electron chi connectivity index (χ2n) is 6.16. The molecule has 0 spiro atoms. The van der Waals surface area contributed by atoms with Crippen molar-refractivity contribution in [3.05, 3.63) is 10.9 Å². The van der Waals surface area contributed by atoms with Crippen molar-refractivity contribution in [1.29, 1.82) is 0 Å². The van der Waals surface area contributed by atoms with Crippen molar-refractivity contribution in [2.24, 2.45) is 5.92 Å². The molecular weight excluding hydrogens is 280 g/mol. The number of thiophene rings is 1. The third kappa shape index (κ3) is 3.28. The number of aryl methyl sites for hydroxylation is 1. The number of hydrogen-bond donors (Lipinski definition) is 2. The van der Waals surface area contributed by atoms with Gasteiger partial charge in [-0.25, -0.2) is 4.98 Å². The second-order valence-corrected chi connectivity index (χ2v) is 7.39. The maximum atomic E-state index is 4.71. The summed E-state index contributed by atoms with van der Waals surface area (Å²) in [6.07, 6.45) is 4.88. The Balaban J connectivity index is 1.90. The molecule has 2 aromatic heterocycles. The van der Waals surface area contributed by atoms with Crippen LogP contribution in [0.4, 0.5) is 11.8 Å². The summed E-state index contributed by atoms with van der Waals surface area (Å²) in [5.74, 6) is 2.57. The molecule has 2 atom stereocenters. The first kappa shape index (κ1) is 14.6. The molecule has 4 nitrogen and oxygen atoms in total. The highest BCUT2D eigenvalue weighted by Gasteiger charge is 2.22. The van der Waals surface area contributed by atoms with Crippen molar-refractivity contribution in [1.82, 2.24) is 9.97 Å². The molecule has 1 fully saturated rings. The van der Waals surface area contributed by atoms with E-state index in [-0.39, 0.29) is 0 Å². The van der Waals surface area contributed by atoms with Gasteiger partial charge in [-0.15, -0.1) is 11.3 Å². The van der Waals surface area contributed by atoms with Crippen LogP contribution in [0.25, 0.3) is 10.2 Å². The summed E-state index contributed by atoms with van der Waals surface area (Å²) >= 11 is 1.74. The third-order valence-corrected chi connectivity index (χ3v) is 5.03. The molecule has 0 aliphatic heterocycles. The minimum Gasteiger partial charge on any atom is -0.367 e. The van der Waals surface area contributed by atoms with Crippen molar-refractivity contribution < 1.29 is 0 Å². The van der Waals surface area contributed by atoms with Gasteiger partial charge in [-0.2, -0.15) is 4.98 Å². The zero-order valence-electron chi connectivity index (χ0n) is 13.1. The van der Waals surface area contributed by atoms with Crippen LogP contribution in [0, 0.1) is 12.8 Å². The Bertz CT molecular complexity index is 622. The molecule has 21 heavy (non-hydrogen) atoms. The maximum absolute atomic E-state index is 4.71. The van der Waals surface area contributed by atoms with Crippen LogP contribution in [0.3, 0.4) is 0 Å². The highest BCUT2D eigenvalue weighted by Crippen LogP contribution is 2.33. The monoisotopic (exact) mass is 304 g/mol.